The van der Waals surface area contributed by atoms with Gasteiger partial charge in [0.1, 0.15) is 12.2 Å². The number of nitrogens with one attached hydrogen (secondary N) is 1. The standard InChI is InChI=1S/C14H19NO4/c1-8-5-9(2)11(14(19-4)10(8)3)7-15-12(16)6-13(17)18/h5H,6-7H2,1-4H3,(H,15,16)(H,17,18). The topological polar surface area (TPSA) is 75.6 Å². The molecule has 5 heteroatoms. The van der Waals surface area contributed by atoms with Crippen LogP contribution in [0.15, 0.2) is 6.07 Å². The van der Waals surface area contributed by atoms with Crippen LogP contribution >= 0.6 is 0 Å². The van der Waals surface area contributed by atoms with E-state index < -0.39 is 18.3 Å². The zero-order valence-corrected chi connectivity index (χ0v) is 11.7. The lowest BCUT2D eigenvalue weighted by atomic mass is 9.99. The molecule has 0 atom stereocenters. The summed E-state index contributed by atoms with van der Waals surface area (Å²) in [7, 11) is 1.59. The number of aryl methyl sites for hydroxylation is 2. The maximum Gasteiger partial charge on any atom is 0.312 e. The van der Waals surface area contributed by atoms with E-state index in [1.54, 1.807) is 7.11 Å². The Kier molecular flexibility index (Phi) is 4.92. The van der Waals surface area contributed by atoms with Gasteiger partial charge in [0.2, 0.25) is 5.91 Å². The van der Waals surface area contributed by atoms with Crippen molar-refractivity contribution >= 4 is 11.9 Å². The molecule has 0 aliphatic carbocycles. The van der Waals surface area contributed by atoms with Crippen LogP contribution < -0.4 is 10.1 Å². The molecule has 1 rings (SSSR count). The van der Waals surface area contributed by atoms with E-state index in [-0.39, 0.29) is 6.54 Å². The molecule has 1 aromatic rings. The average molecular weight is 265 g/mol. The fraction of sp³-hybridized carbons (Fsp3) is 0.429. The molecule has 1 aromatic carbocycles. The lowest BCUT2D eigenvalue weighted by Crippen LogP contribution is -2.25. The van der Waals surface area contributed by atoms with Gasteiger partial charge in [0, 0.05) is 12.1 Å². The first-order chi connectivity index (χ1) is 8.86. The van der Waals surface area contributed by atoms with E-state index in [1.807, 2.05) is 26.8 Å². The van der Waals surface area contributed by atoms with Gasteiger partial charge in [-0.15, -0.1) is 0 Å². The monoisotopic (exact) mass is 265 g/mol. The Morgan fingerprint density at radius 2 is 1.89 bits per heavy atom. The molecule has 0 aliphatic rings. The molecule has 0 aromatic heterocycles. The summed E-state index contributed by atoms with van der Waals surface area (Å²) in [4.78, 5) is 21.8. The highest BCUT2D eigenvalue weighted by Gasteiger charge is 2.14. The van der Waals surface area contributed by atoms with Crippen LogP contribution in [0.1, 0.15) is 28.7 Å². The number of aliphatic carboxylic acids is 1. The van der Waals surface area contributed by atoms with Crippen molar-refractivity contribution in [3.05, 3.63) is 28.3 Å². The molecule has 0 saturated carbocycles. The maximum absolute atomic E-state index is 11.4. The van der Waals surface area contributed by atoms with Gasteiger partial charge in [0.25, 0.3) is 0 Å². The van der Waals surface area contributed by atoms with Crippen molar-refractivity contribution in [1.82, 2.24) is 5.32 Å². The first-order valence-electron chi connectivity index (χ1n) is 5.99. The first-order valence-corrected chi connectivity index (χ1v) is 5.99. The van der Waals surface area contributed by atoms with Crippen LogP contribution in [-0.2, 0) is 16.1 Å². The molecule has 0 aliphatic heterocycles. The summed E-state index contributed by atoms with van der Waals surface area (Å²) in [5.41, 5.74) is 4.03. The van der Waals surface area contributed by atoms with E-state index in [4.69, 9.17) is 9.84 Å². The second kappa shape index (κ2) is 6.22. The highest BCUT2D eigenvalue weighted by atomic mass is 16.5. The largest absolute Gasteiger partial charge is 0.496 e. The Labute approximate surface area is 112 Å². The van der Waals surface area contributed by atoms with Crippen molar-refractivity contribution in [2.24, 2.45) is 0 Å². The summed E-state index contributed by atoms with van der Waals surface area (Å²) in [6, 6.07) is 2.02. The number of rotatable bonds is 5. The number of carbonyl (C=O) groups is 2. The molecule has 0 fully saturated rings. The Balaban J connectivity index is 2.92. The van der Waals surface area contributed by atoms with Crippen LogP contribution in [0.3, 0.4) is 0 Å². The third-order valence-corrected chi connectivity index (χ3v) is 3.09. The minimum Gasteiger partial charge on any atom is -0.496 e. The SMILES string of the molecule is COc1c(C)c(C)cc(C)c1CNC(=O)CC(=O)O. The van der Waals surface area contributed by atoms with Gasteiger partial charge in [-0.05, 0) is 37.5 Å². The van der Waals surface area contributed by atoms with E-state index in [1.165, 1.54) is 0 Å². The number of carboxylic acids is 1. The molecule has 2 N–H and O–H groups in total. The summed E-state index contributed by atoms with van der Waals surface area (Å²) in [6.07, 6.45) is -0.522. The van der Waals surface area contributed by atoms with Gasteiger partial charge >= 0.3 is 5.97 Å². The van der Waals surface area contributed by atoms with Crippen molar-refractivity contribution < 1.29 is 19.4 Å². The third kappa shape index (κ3) is 3.71. The lowest BCUT2D eigenvalue weighted by molar-refractivity contribution is -0.140. The Hall–Kier alpha value is -2.04. The van der Waals surface area contributed by atoms with Crippen LogP contribution in [0.5, 0.6) is 5.75 Å². The number of benzene rings is 1. The molecule has 19 heavy (non-hydrogen) atoms. The molecule has 0 radical (unpaired) electrons. The smallest absolute Gasteiger partial charge is 0.312 e. The normalized spacial score (nSPS) is 10.1. The second-order valence-corrected chi connectivity index (χ2v) is 4.49. The second-order valence-electron chi connectivity index (χ2n) is 4.49. The van der Waals surface area contributed by atoms with Gasteiger partial charge in [0.05, 0.1) is 7.11 Å². The molecule has 0 saturated heterocycles. The fourth-order valence-corrected chi connectivity index (χ4v) is 1.99. The van der Waals surface area contributed by atoms with Crippen LogP contribution in [0.25, 0.3) is 0 Å². The Bertz CT molecular complexity index is 509. The Morgan fingerprint density at radius 1 is 1.26 bits per heavy atom. The summed E-state index contributed by atoms with van der Waals surface area (Å²) in [5, 5.41) is 11.1. The summed E-state index contributed by atoms with van der Waals surface area (Å²) >= 11 is 0. The zero-order chi connectivity index (χ0) is 14.6. The van der Waals surface area contributed by atoms with E-state index in [2.05, 4.69) is 5.32 Å². The number of ether oxygens (including phenoxy) is 1. The van der Waals surface area contributed by atoms with Gasteiger partial charge in [-0.25, -0.2) is 0 Å². The molecule has 0 heterocycles. The van der Waals surface area contributed by atoms with Crippen molar-refractivity contribution in [3.8, 4) is 5.75 Å². The molecule has 0 spiro atoms. The minimum absolute atomic E-state index is 0.266. The van der Waals surface area contributed by atoms with Gasteiger partial charge in [-0.3, -0.25) is 9.59 Å². The van der Waals surface area contributed by atoms with Gasteiger partial charge in [-0.2, -0.15) is 0 Å². The predicted octanol–water partition coefficient (Wildman–Crippen LogP) is 1.71. The molecule has 0 unspecified atom stereocenters. The van der Waals surface area contributed by atoms with Crippen LogP contribution in [0.2, 0.25) is 0 Å². The van der Waals surface area contributed by atoms with E-state index in [0.29, 0.717) is 0 Å². The Morgan fingerprint density at radius 3 is 2.42 bits per heavy atom. The van der Waals surface area contributed by atoms with Crippen LogP contribution in [0.4, 0.5) is 0 Å². The van der Waals surface area contributed by atoms with Crippen LogP contribution in [-0.4, -0.2) is 24.1 Å². The molecular weight excluding hydrogens is 246 g/mol. The number of hydrogen-bond donors (Lipinski definition) is 2. The highest BCUT2D eigenvalue weighted by molar-refractivity contribution is 5.93. The molecule has 1 amide bonds. The number of amides is 1. The summed E-state index contributed by atoms with van der Waals surface area (Å²) < 4.78 is 5.38. The van der Waals surface area contributed by atoms with E-state index >= 15 is 0 Å². The van der Waals surface area contributed by atoms with Crippen molar-refractivity contribution in [2.75, 3.05) is 7.11 Å². The molecule has 5 nitrogen and oxygen atoms in total. The van der Waals surface area contributed by atoms with Gasteiger partial charge in [0.15, 0.2) is 0 Å². The van der Waals surface area contributed by atoms with Crippen molar-refractivity contribution in [3.63, 3.8) is 0 Å². The molecule has 104 valence electrons. The number of hydrogen-bond acceptors (Lipinski definition) is 3. The van der Waals surface area contributed by atoms with Crippen LogP contribution in [0, 0.1) is 20.8 Å². The maximum atomic E-state index is 11.4. The summed E-state index contributed by atoms with van der Waals surface area (Å²) in [5.74, 6) is -0.901. The fourth-order valence-electron chi connectivity index (χ4n) is 1.99. The van der Waals surface area contributed by atoms with Crippen molar-refractivity contribution in [2.45, 2.75) is 33.7 Å². The molecular formula is C14H19NO4. The number of carboxylic acid groups (broad SMARTS) is 1. The van der Waals surface area contributed by atoms with E-state index in [0.717, 1.165) is 28.0 Å². The number of carbonyl (C=O) groups excluding carboxylic acids is 1. The number of methoxy groups -OCH3 is 1. The quantitative estimate of drug-likeness (QED) is 0.795. The first kappa shape index (κ1) is 15.0. The highest BCUT2D eigenvalue weighted by Crippen LogP contribution is 2.29. The van der Waals surface area contributed by atoms with Crippen molar-refractivity contribution in [1.29, 1.82) is 0 Å². The predicted molar refractivity (Wildman–Crippen MR) is 71.3 cm³/mol. The van der Waals surface area contributed by atoms with Gasteiger partial charge in [-0.1, -0.05) is 6.07 Å². The minimum atomic E-state index is -1.14. The summed E-state index contributed by atoms with van der Waals surface area (Å²) in [6.45, 7) is 6.16. The third-order valence-electron chi connectivity index (χ3n) is 3.09. The molecule has 0 bridgehead atoms. The van der Waals surface area contributed by atoms with Gasteiger partial charge < -0.3 is 15.2 Å². The average Bonchev–Trinajstić information content (AvgIpc) is 2.31. The zero-order valence-electron chi connectivity index (χ0n) is 11.7. The lowest BCUT2D eigenvalue weighted by Gasteiger charge is -2.17. The van der Waals surface area contributed by atoms with E-state index in [9.17, 15) is 9.59 Å².